The first-order chi connectivity index (χ1) is 9.18. The minimum atomic E-state index is 0. The molecule has 4 fully saturated rings. The van der Waals surface area contributed by atoms with Crippen molar-refractivity contribution in [2.75, 3.05) is 19.6 Å². The van der Waals surface area contributed by atoms with Crippen molar-refractivity contribution < 1.29 is 4.79 Å². The monoisotopic (exact) mass is 298 g/mol. The van der Waals surface area contributed by atoms with Gasteiger partial charge in [0.25, 0.3) is 0 Å². The van der Waals surface area contributed by atoms with Gasteiger partial charge in [0.15, 0.2) is 0 Å². The van der Waals surface area contributed by atoms with Crippen molar-refractivity contribution >= 4 is 18.3 Å². The summed E-state index contributed by atoms with van der Waals surface area (Å²) in [4.78, 5) is 12.4. The summed E-state index contributed by atoms with van der Waals surface area (Å²) in [5, 5.41) is 6.69. The van der Waals surface area contributed by atoms with Crippen molar-refractivity contribution in [2.24, 2.45) is 35.0 Å². The number of nitrogens with one attached hydrogen (secondary N) is 2. The lowest BCUT2D eigenvalue weighted by Gasteiger charge is -2.34. The summed E-state index contributed by atoms with van der Waals surface area (Å²) in [5.41, 5.74) is 0.323. The van der Waals surface area contributed by atoms with Crippen LogP contribution in [0.25, 0.3) is 0 Å². The highest BCUT2D eigenvalue weighted by molar-refractivity contribution is 5.85. The van der Waals surface area contributed by atoms with Gasteiger partial charge >= 0.3 is 0 Å². The molecule has 4 rings (SSSR count). The Morgan fingerprint density at radius 3 is 2.40 bits per heavy atom. The van der Waals surface area contributed by atoms with E-state index in [1.165, 1.54) is 32.1 Å². The Morgan fingerprint density at radius 2 is 1.80 bits per heavy atom. The molecular weight excluding hydrogens is 272 g/mol. The fourth-order valence-corrected chi connectivity index (χ4v) is 5.30. The molecule has 3 nitrogen and oxygen atoms in total. The number of piperidine rings is 1. The average molecular weight is 299 g/mol. The van der Waals surface area contributed by atoms with Gasteiger partial charge < -0.3 is 10.6 Å². The lowest BCUT2D eigenvalue weighted by atomic mass is 9.81. The van der Waals surface area contributed by atoms with Gasteiger partial charge in [-0.3, -0.25) is 4.79 Å². The zero-order valence-corrected chi connectivity index (χ0v) is 13.2. The molecule has 0 aromatic rings. The van der Waals surface area contributed by atoms with Crippen molar-refractivity contribution in [3.8, 4) is 0 Å². The zero-order valence-electron chi connectivity index (χ0n) is 12.4. The van der Waals surface area contributed by atoms with Gasteiger partial charge in [-0.05, 0) is 74.3 Å². The number of amides is 1. The maximum atomic E-state index is 12.4. The third-order valence-electron chi connectivity index (χ3n) is 6.54. The summed E-state index contributed by atoms with van der Waals surface area (Å²) in [7, 11) is 0. The van der Waals surface area contributed by atoms with Gasteiger partial charge in [-0.25, -0.2) is 0 Å². The second-order valence-corrected chi connectivity index (χ2v) is 7.79. The van der Waals surface area contributed by atoms with Gasteiger partial charge in [0.05, 0.1) is 0 Å². The Kier molecular flexibility index (Phi) is 3.79. The molecule has 4 atom stereocenters. The molecule has 0 aromatic heterocycles. The molecule has 1 aliphatic heterocycles. The molecule has 1 saturated heterocycles. The largest absolute Gasteiger partial charge is 0.355 e. The van der Waals surface area contributed by atoms with E-state index in [-0.39, 0.29) is 12.4 Å². The summed E-state index contributed by atoms with van der Waals surface area (Å²) < 4.78 is 0. The first-order valence-corrected chi connectivity index (χ1v) is 8.16. The van der Waals surface area contributed by atoms with Gasteiger partial charge in [0.1, 0.15) is 0 Å². The molecule has 2 N–H and O–H groups in total. The summed E-state index contributed by atoms with van der Waals surface area (Å²) in [6.07, 6.45) is 6.62. The lowest BCUT2D eigenvalue weighted by molar-refractivity contribution is -0.123. The van der Waals surface area contributed by atoms with Crippen LogP contribution >= 0.6 is 12.4 Å². The van der Waals surface area contributed by atoms with Gasteiger partial charge in [0.2, 0.25) is 5.91 Å². The number of hydrogen-bond donors (Lipinski definition) is 2. The molecule has 114 valence electrons. The Morgan fingerprint density at radius 1 is 1.20 bits per heavy atom. The topological polar surface area (TPSA) is 41.1 Å². The molecule has 1 heterocycles. The normalized spacial score (nSPS) is 43.5. The summed E-state index contributed by atoms with van der Waals surface area (Å²) in [6.45, 7) is 5.42. The number of carbonyl (C=O) groups is 1. The van der Waals surface area contributed by atoms with E-state index in [1.54, 1.807) is 0 Å². The smallest absolute Gasteiger partial charge is 0.223 e. The summed E-state index contributed by atoms with van der Waals surface area (Å²) in [6, 6.07) is 0. The first-order valence-electron chi connectivity index (χ1n) is 8.16. The van der Waals surface area contributed by atoms with Crippen molar-refractivity contribution in [2.45, 2.75) is 39.0 Å². The van der Waals surface area contributed by atoms with E-state index in [2.05, 4.69) is 17.6 Å². The van der Waals surface area contributed by atoms with Crippen LogP contribution in [0.15, 0.2) is 0 Å². The minimum Gasteiger partial charge on any atom is -0.355 e. The van der Waals surface area contributed by atoms with E-state index < -0.39 is 0 Å². The van der Waals surface area contributed by atoms with Crippen molar-refractivity contribution in [3.63, 3.8) is 0 Å². The maximum Gasteiger partial charge on any atom is 0.223 e. The van der Waals surface area contributed by atoms with E-state index in [1.807, 2.05) is 0 Å². The number of fused-ring (bicyclic) bond motifs is 5. The van der Waals surface area contributed by atoms with Crippen molar-refractivity contribution in [3.05, 3.63) is 0 Å². The standard InChI is InChI=1S/C16H26N2O.ClH/c1-16(4-6-17-7-5-16)9-18-15(19)14-12-10-2-3-11(8-10)13(12)14;/h10-14,17H,2-9H2,1H3,(H,18,19);1H. The Bertz CT molecular complexity index is 378. The predicted octanol–water partition coefficient (Wildman–Crippen LogP) is 2.21. The summed E-state index contributed by atoms with van der Waals surface area (Å²) >= 11 is 0. The third kappa shape index (κ3) is 2.27. The number of halogens is 1. The summed E-state index contributed by atoms with van der Waals surface area (Å²) in [5.74, 6) is 4.14. The highest BCUT2D eigenvalue weighted by atomic mass is 35.5. The molecular formula is C16H27ClN2O. The highest BCUT2D eigenvalue weighted by Gasteiger charge is 2.67. The van der Waals surface area contributed by atoms with Crippen molar-refractivity contribution in [1.29, 1.82) is 0 Å². The van der Waals surface area contributed by atoms with Crippen LogP contribution in [0.1, 0.15) is 39.0 Å². The SMILES string of the molecule is CC1(CNC(=O)C2C3C4CCC(C4)C23)CCNCC1.Cl. The number of hydrogen-bond acceptors (Lipinski definition) is 2. The fraction of sp³-hybridized carbons (Fsp3) is 0.938. The van der Waals surface area contributed by atoms with Crippen molar-refractivity contribution in [1.82, 2.24) is 10.6 Å². The van der Waals surface area contributed by atoms with Crippen LogP contribution in [0.2, 0.25) is 0 Å². The highest BCUT2D eigenvalue weighted by Crippen LogP contribution is 2.69. The van der Waals surface area contributed by atoms with Gasteiger partial charge in [-0.1, -0.05) is 6.92 Å². The van der Waals surface area contributed by atoms with E-state index >= 15 is 0 Å². The van der Waals surface area contributed by atoms with E-state index in [0.29, 0.717) is 17.2 Å². The van der Waals surface area contributed by atoms with Gasteiger partial charge in [-0.2, -0.15) is 0 Å². The molecule has 0 spiro atoms. The number of rotatable bonds is 3. The van der Waals surface area contributed by atoms with Crippen LogP contribution in [0, 0.1) is 35.0 Å². The van der Waals surface area contributed by atoms with Crippen LogP contribution < -0.4 is 10.6 Å². The Hall–Kier alpha value is -0.280. The van der Waals surface area contributed by atoms with E-state index in [9.17, 15) is 4.79 Å². The molecule has 3 aliphatic carbocycles. The molecule has 0 aromatic carbocycles. The molecule has 20 heavy (non-hydrogen) atoms. The predicted molar refractivity (Wildman–Crippen MR) is 81.8 cm³/mol. The number of carbonyl (C=O) groups excluding carboxylic acids is 1. The molecule has 3 saturated carbocycles. The third-order valence-corrected chi connectivity index (χ3v) is 6.54. The molecule has 0 radical (unpaired) electrons. The van der Waals surface area contributed by atoms with Crippen LogP contribution in [-0.4, -0.2) is 25.5 Å². The van der Waals surface area contributed by atoms with Crippen LogP contribution in [0.4, 0.5) is 0 Å². The van der Waals surface area contributed by atoms with E-state index in [4.69, 9.17) is 0 Å². The molecule has 2 bridgehead atoms. The zero-order chi connectivity index (χ0) is 13.0. The van der Waals surface area contributed by atoms with Gasteiger partial charge in [-0.15, -0.1) is 12.4 Å². The molecule has 4 aliphatic rings. The van der Waals surface area contributed by atoms with Crippen LogP contribution in [0.5, 0.6) is 0 Å². The molecule has 4 unspecified atom stereocenters. The second kappa shape index (κ2) is 5.17. The fourth-order valence-electron chi connectivity index (χ4n) is 5.30. The first kappa shape index (κ1) is 14.6. The van der Waals surface area contributed by atoms with Gasteiger partial charge in [0, 0.05) is 12.5 Å². The minimum absolute atomic E-state index is 0. The molecule has 4 heteroatoms. The average Bonchev–Trinajstić information content (AvgIpc) is 2.85. The van der Waals surface area contributed by atoms with Crippen LogP contribution in [-0.2, 0) is 4.79 Å². The quantitative estimate of drug-likeness (QED) is 0.839. The second-order valence-electron chi connectivity index (χ2n) is 7.79. The Labute approximate surface area is 128 Å². The molecule has 1 amide bonds. The van der Waals surface area contributed by atoms with E-state index in [0.717, 1.165) is 43.3 Å². The maximum absolute atomic E-state index is 12.4. The lowest BCUT2D eigenvalue weighted by Crippen LogP contribution is -2.43. The Balaban J connectivity index is 0.00000121. The van der Waals surface area contributed by atoms with Crippen LogP contribution in [0.3, 0.4) is 0 Å².